The molecule has 0 aromatic heterocycles. The Kier molecular flexibility index (Phi) is 6.55. The number of hydrogen-bond donors (Lipinski definition) is 0. The minimum Gasteiger partial charge on any atom is -0.464 e. The first-order chi connectivity index (χ1) is 10.8. The minimum atomic E-state index is -4.82. The van der Waals surface area contributed by atoms with Gasteiger partial charge in [-0.2, -0.15) is 13.2 Å². The smallest absolute Gasteiger partial charge is 0.428 e. The van der Waals surface area contributed by atoms with E-state index in [0.29, 0.717) is 0 Å². The molecule has 1 rings (SSSR count). The van der Waals surface area contributed by atoms with Gasteiger partial charge < -0.3 is 13.9 Å². The second-order valence-electron chi connectivity index (χ2n) is 7.23. The fraction of sp³-hybridized carbons (Fsp3) is 0.938. The number of rotatable bonds is 7. The lowest BCUT2D eigenvalue weighted by Gasteiger charge is -2.51. The quantitative estimate of drug-likeness (QED) is 0.477. The molecule has 0 bridgehead atoms. The summed E-state index contributed by atoms with van der Waals surface area (Å²) in [6.45, 7) is 13.5. The summed E-state index contributed by atoms with van der Waals surface area (Å²) in [5, 5.41) is 0. The third kappa shape index (κ3) is 3.50. The Bertz CT molecular complexity index is 421. The van der Waals surface area contributed by atoms with Crippen LogP contribution in [-0.2, 0) is 18.7 Å². The Morgan fingerprint density at radius 2 is 1.58 bits per heavy atom. The van der Waals surface area contributed by atoms with E-state index < -0.39 is 38.8 Å². The van der Waals surface area contributed by atoms with Crippen molar-refractivity contribution in [2.24, 2.45) is 0 Å². The Morgan fingerprint density at radius 1 is 1.17 bits per heavy atom. The number of halogens is 3. The lowest BCUT2D eigenvalue weighted by molar-refractivity contribution is -0.374. The number of alkyl halides is 3. The molecule has 0 radical (unpaired) electrons. The van der Waals surface area contributed by atoms with Crippen molar-refractivity contribution in [3.63, 3.8) is 0 Å². The van der Waals surface area contributed by atoms with Crippen molar-refractivity contribution in [3.05, 3.63) is 0 Å². The normalized spacial score (nSPS) is 25.3. The molecule has 0 amide bonds. The van der Waals surface area contributed by atoms with Crippen LogP contribution in [0.3, 0.4) is 0 Å². The Labute approximate surface area is 143 Å². The first-order valence-electron chi connectivity index (χ1n) is 8.44. The zero-order valence-electron chi connectivity index (χ0n) is 15.5. The van der Waals surface area contributed by atoms with Crippen LogP contribution in [0.5, 0.6) is 0 Å². The molecule has 1 aliphatic rings. The van der Waals surface area contributed by atoms with Gasteiger partial charge in [0, 0.05) is 6.42 Å². The van der Waals surface area contributed by atoms with Gasteiger partial charge >= 0.3 is 12.1 Å². The summed E-state index contributed by atoms with van der Waals surface area (Å²) in [7, 11) is -2.38. The topological polar surface area (TPSA) is 44.8 Å². The van der Waals surface area contributed by atoms with Gasteiger partial charge in [0.05, 0.1) is 6.61 Å². The van der Waals surface area contributed by atoms with Crippen LogP contribution in [-0.4, -0.2) is 39.0 Å². The highest BCUT2D eigenvalue weighted by Crippen LogP contribution is 2.51. The van der Waals surface area contributed by atoms with Crippen LogP contribution in [0.2, 0.25) is 16.6 Å². The van der Waals surface area contributed by atoms with E-state index in [2.05, 4.69) is 4.74 Å². The second-order valence-corrected chi connectivity index (χ2v) is 12.6. The number of ether oxygens (including phenoxy) is 2. The van der Waals surface area contributed by atoms with Gasteiger partial charge in [0.15, 0.2) is 6.29 Å². The molecule has 1 unspecified atom stereocenters. The zero-order valence-corrected chi connectivity index (χ0v) is 16.5. The molecule has 2 atom stereocenters. The summed E-state index contributed by atoms with van der Waals surface area (Å²) < 4.78 is 55.8. The average Bonchev–Trinajstić information content (AvgIpc) is 2.34. The molecule has 1 fully saturated rings. The molecular weight excluding hydrogens is 341 g/mol. The summed E-state index contributed by atoms with van der Waals surface area (Å²) >= 11 is 0. The van der Waals surface area contributed by atoms with Gasteiger partial charge in [0.2, 0.25) is 8.32 Å². The Hall–Kier alpha value is -0.603. The highest BCUT2D eigenvalue weighted by molar-refractivity contribution is 6.77. The standard InChI is InChI=1S/C16H29F3O4Si/c1-8-21-14(20)15(16(17,18)19)9-13(22-15)23-24(10(2)3,11(4)5)12(6)7/h10-13H,8-9H2,1-7H3/t13?,15-/m0/s1. The summed E-state index contributed by atoms with van der Waals surface area (Å²) in [6.07, 6.45) is -6.39. The van der Waals surface area contributed by atoms with E-state index in [1.54, 1.807) is 0 Å². The number of carbonyl (C=O) groups excluding carboxylic acids is 1. The van der Waals surface area contributed by atoms with E-state index in [1.165, 1.54) is 6.92 Å². The number of esters is 1. The van der Waals surface area contributed by atoms with Crippen molar-refractivity contribution in [2.45, 2.75) is 89.6 Å². The Balaban J connectivity index is 2.99. The van der Waals surface area contributed by atoms with Crippen LogP contribution < -0.4 is 0 Å². The van der Waals surface area contributed by atoms with Crippen molar-refractivity contribution in [1.29, 1.82) is 0 Å². The van der Waals surface area contributed by atoms with Crippen LogP contribution in [0.15, 0.2) is 0 Å². The first-order valence-corrected chi connectivity index (χ1v) is 10.6. The van der Waals surface area contributed by atoms with Gasteiger partial charge in [-0.3, -0.25) is 0 Å². The lowest BCUT2D eigenvalue weighted by atomic mass is 9.93. The molecule has 1 saturated heterocycles. The van der Waals surface area contributed by atoms with Gasteiger partial charge in [0.1, 0.15) is 0 Å². The van der Waals surface area contributed by atoms with Crippen LogP contribution in [0.1, 0.15) is 54.9 Å². The predicted octanol–water partition coefficient (Wildman–Crippen LogP) is 4.79. The van der Waals surface area contributed by atoms with Crippen molar-refractivity contribution >= 4 is 14.3 Å². The highest BCUT2D eigenvalue weighted by Gasteiger charge is 2.71. The van der Waals surface area contributed by atoms with Crippen LogP contribution >= 0.6 is 0 Å². The summed E-state index contributed by atoms with van der Waals surface area (Å²) in [6, 6.07) is 0. The molecule has 0 aromatic carbocycles. The fourth-order valence-corrected chi connectivity index (χ4v) is 9.23. The summed E-state index contributed by atoms with van der Waals surface area (Å²) in [5.74, 6) is -1.39. The molecule has 0 aromatic rings. The predicted molar refractivity (Wildman–Crippen MR) is 87.0 cm³/mol. The van der Waals surface area contributed by atoms with E-state index in [4.69, 9.17) is 9.16 Å². The van der Waals surface area contributed by atoms with Gasteiger partial charge in [-0.05, 0) is 23.5 Å². The second kappa shape index (κ2) is 7.33. The Morgan fingerprint density at radius 3 is 1.88 bits per heavy atom. The third-order valence-electron chi connectivity index (χ3n) is 4.89. The minimum absolute atomic E-state index is 0.131. The van der Waals surface area contributed by atoms with Crippen LogP contribution in [0, 0.1) is 0 Å². The van der Waals surface area contributed by atoms with Crippen molar-refractivity contribution in [3.8, 4) is 0 Å². The van der Waals surface area contributed by atoms with E-state index in [0.717, 1.165) is 0 Å². The zero-order chi connectivity index (χ0) is 18.9. The molecular formula is C16H29F3O4Si. The van der Waals surface area contributed by atoms with Crippen molar-refractivity contribution in [2.75, 3.05) is 6.61 Å². The molecule has 0 spiro atoms. The molecule has 0 saturated carbocycles. The first kappa shape index (κ1) is 21.4. The molecule has 1 heterocycles. The largest absolute Gasteiger partial charge is 0.464 e. The average molecular weight is 370 g/mol. The lowest BCUT2D eigenvalue weighted by Crippen LogP contribution is -2.68. The van der Waals surface area contributed by atoms with Crippen molar-refractivity contribution < 1.29 is 31.9 Å². The van der Waals surface area contributed by atoms with E-state index in [-0.39, 0.29) is 23.2 Å². The summed E-state index contributed by atoms with van der Waals surface area (Å²) in [5.41, 5.74) is -2.25. The third-order valence-corrected chi connectivity index (χ3v) is 11.0. The highest BCUT2D eigenvalue weighted by atomic mass is 28.4. The fourth-order valence-electron chi connectivity index (χ4n) is 3.83. The van der Waals surface area contributed by atoms with Gasteiger partial charge in [-0.25, -0.2) is 4.79 Å². The molecule has 0 N–H and O–H groups in total. The maximum Gasteiger partial charge on any atom is 0.428 e. The molecule has 0 aliphatic carbocycles. The molecule has 8 heteroatoms. The van der Waals surface area contributed by atoms with Gasteiger partial charge in [0.25, 0.3) is 5.60 Å². The SMILES string of the molecule is CCOC(=O)[C@]1(C(F)(F)F)CC(O[Si](C(C)C)(C(C)C)C(C)C)O1. The molecule has 4 nitrogen and oxygen atoms in total. The maximum atomic E-state index is 13.3. The monoisotopic (exact) mass is 370 g/mol. The maximum absolute atomic E-state index is 13.3. The molecule has 24 heavy (non-hydrogen) atoms. The van der Waals surface area contributed by atoms with Gasteiger partial charge in [-0.15, -0.1) is 0 Å². The van der Waals surface area contributed by atoms with Gasteiger partial charge in [-0.1, -0.05) is 41.5 Å². The van der Waals surface area contributed by atoms with Crippen LogP contribution in [0.4, 0.5) is 13.2 Å². The van der Waals surface area contributed by atoms with E-state index in [9.17, 15) is 18.0 Å². The van der Waals surface area contributed by atoms with Crippen LogP contribution in [0.25, 0.3) is 0 Å². The number of carbonyl (C=O) groups is 1. The van der Waals surface area contributed by atoms with E-state index >= 15 is 0 Å². The number of hydrogen-bond acceptors (Lipinski definition) is 4. The van der Waals surface area contributed by atoms with Crippen molar-refractivity contribution in [1.82, 2.24) is 0 Å². The molecule has 1 aliphatic heterocycles. The molecule has 142 valence electrons. The summed E-state index contributed by atoms with van der Waals surface area (Å²) in [4.78, 5) is 11.8. The van der Waals surface area contributed by atoms with E-state index in [1.807, 2.05) is 41.5 Å².